The molecule has 1 aromatic rings. The van der Waals surface area contributed by atoms with E-state index in [1.54, 1.807) is 24.3 Å². The fourth-order valence-electron chi connectivity index (χ4n) is 2.77. The molecule has 0 radical (unpaired) electrons. The first-order chi connectivity index (χ1) is 10.5. The van der Waals surface area contributed by atoms with E-state index in [4.69, 9.17) is 0 Å². The maximum absolute atomic E-state index is 12.2. The molecule has 1 aromatic carbocycles. The van der Waals surface area contributed by atoms with Gasteiger partial charge in [-0.15, -0.1) is 0 Å². The minimum atomic E-state index is -2.43. The molecule has 0 bridgehead atoms. The lowest BCUT2D eigenvalue weighted by Gasteiger charge is -2.29. The number of hydrogen-bond donors (Lipinski definition) is 2. The molecule has 2 unspecified atom stereocenters. The van der Waals surface area contributed by atoms with Gasteiger partial charge in [0.2, 0.25) is 5.91 Å². The number of anilines is 1. The summed E-state index contributed by atoms with van der Waals surface area (Å²) in [5, 5.41) is 6.09. The minimum Gasteiger partial charge on any atom is -0.325 e. The summed E-state index contributed by atoms with van der Waals surface area (Å²) in [6.07, 6.45) is 4.82. The molecule has 3 nitrogen and oxygen atoms in total. The van der Waals surface area contributed by atoms with E-state index in [1.807, 2.05) is 0 Å². The monoisotopic (exact) mass is 328 g/mol. The normalized spacial score (nSPS) is 21.8. The Morgan fingerprint density at radius 2 is 1.95 bits per heavy atom. The van der Waals surface area contributed by atoms with Gasteiger partial charge >= 0.3 is 0 Å². The van der Waals surface area contributed by atoms with E-state index >= 15 is 0 Å². The first-order valence-electron chi connectivity index (χ1n) is 7.62. The lowest BCUT2D eigenvalue weighted by molar-refractivity contribution is -0.115. The fourth-order valence-corrected chi connectivity index (χ4v) is 3.27. The highest BCUT2D eigenvalue weighted by Crippen LogP contribution is 2.26. The Hall–Kier alpha value is -1.14. The Bertz CT molecular complexity index is 482. The van der Waals surface area contributed by atoms with Crippen molar-refractivity contribution in [3.05, 3.63) is 24.3 Å². The molecular weight excluding hydrogens is 306 g/mol. The molecule has 2 N–H and O–H groups in total. The van der Waals surface area contributed by atoms with E-state index in [2.05, 4.69) is 17.6 Å². The van der Waals surface area contributed by atoms with Gasteiger partial charge in [-0.1, -0.05) is 31.5 Å². The Morgan fingerprint density at radius 3 is 2.59 bits per heavy atom. The number of hydrogen-bond acceptors (Lipinski definition) is 3. The van der Waals surface area contributed by atoms with Gasteiger partial charge in [0.1, 0.15) is 0 Å². The van der Waals surface area contributed by atoms with Crippen LogP contribution < -0.4 is 10.6 Å². The van der Waals surface area contributed by atoms with E-state index in [0.717, 1.165) is 6.42 Å². The van der Waals surface area contributed by atoms with Crippen LogP contribution in [0.1, 0.15) is 32.6 Å². The molecule has 0 aliphatic heterocycles. The van der Waals surface area contributed by atoms with Gasteiger partial charge in [0.25, 0.3) is 5.76 Å². The van der Waals surface area contributed by atoms with Gasteiger partial charge in [-0.3, -0.25) is 4.79 Å². The largest absolute Gasteiger partial charge is 0.325 e. The first kappa shape index (κ1) is 17.2. The molecule has 1 amide bonds. The molecule has 0 spiro atoms. The predicted molar refractivity (Wildman–Crippen MR) is 86.4 cm³/mol. The van der Waals surface area contributed by atoms with Gasteiger partial charge in [-0.2, -0.15) is 8.78 Å². The van der Waals surface area contributed by atoms with Crippen molar-refractivity contribution in [3.8, 4) is 0 Å². The average Bonchev–Trinajstić information content (AvgIpc) is 2.48. The summed E-state index contributed by atoms with van der Waals surface area (Å²) < 4.78 is 24.4. The molecule has 122 valence electrons. The van der Waals surface area contributed by atoms with Crippen molar-refractivity contribution in [3.63, 3.8) is 0 Å². The van der Waals surface area contributed by atoms with E-state index in [9.17, 15) is 13.6 Å². The van der Waals surface area contributed by atoms with Crippen LogP contribution in [0.15, 0.2) is 29.2 Å². The van der Waals surface area contributed by atoms with Crippen LogP contribution in [0.5, 0.6) is 0 Å². The topological polar surface area (TPSA) is 41.1 Å². The molecule has 22 heavy (non-hydrogen) atoms. The average molecular weight is 328 g/mol. The molecule has 6 heteroatoms. The summed E-state index contributed by atoms with van der Waals surface area (Å²) >= 11 is 0.497. The van der Waals surface area contributed by atoms with Crippen LogP contribution in [-0.4, -0.2) is 24.3 Å². The molecule has 0 aromatic heterocycles. The minimum absolute atomic E-state index is 0.105. The molecule has 0 heterocycles. The Labute approximate surface area is 134 Å². The van der Waals surface area contributed by atoms with Crippen molar-refractivity contribution < 1.29 is 13.6 Å². The quantitative estimate of drug-likeness (QED) is 0.772. The highest BCUT2D eigenvalue weighted by molar-refractivity contribution is 7.99. The van der Waals surface area contributed by atoms with Crippen LogP contribution in [0, 0.1) is 5.92 Å². The number of halogens is 2. The van der Waals surface area contributed by atoms with Gasteiger partial charge in [0.05, 0.1) is 6.54 Å². The number of nitrogens with one attached hydrogen (secondary N) is 2. The maximum Gasteiger partial charge on any atom is 0.288 e. The maximum atomic E-state index is 12.2. The van der Waals surface area contributed by atoms with Crippen molar-refractivity contribution in [1.82, 2.24) is 5.32 Å². The highest BCUT2D eigenvalue weighted by Gasteiger charge is 2.21. The number of amides is 1. The standard InChI is InChI=1S/C16H22F2N2OS/c1-11-4-2-3-5-14(11)19-10-15(21)20-12-6-8-13(9-7-12)22-16(17)18/h6-9,11,14,16,19H,2-5,10H2,1H3,(H,20,21). The second-order valence-electron chi connectivity index (χ2n) is 5.70. The molecule has 1 fully saturated rings. The van der Waals surface area contributed by atoms with E-state index in [-0.39, 0.29) is 12.5 Å². The number of rotatable bonds is 6. The van der Waals surface area contributed by atoms with E-state index < -0.39 is 5.76 Å². The van der Waals surface area contributed by atoms with Gasteiger partial charge in [0, 0.05) is 16.6 Å². The van der Waals surface area contributed by atoms with Gasteiger partial charge < -0.3 is 10.6 Å². The third-order valence-electron chi connectivity index (χ3n) is 4.00. The predicted octanol–water partition coefficient (Wildman–Crippen LogP) is 4.11. The molecule has 1 aliphatic rings. The van der Waals surface area contributed by atoms with Crippen molar-refractivity contribution in [1.29, 1.82) is 0 Å². The first-order valence-corrected chi connectivity index (χ1v) is 8.50. The van der Waals surface area contributed by atoms with Crippen LogP contribution >= 0.6 is 11.8 Å². The Balaban J connectivity index is 1.76. The Morgan fingerprint density at radius 1 is 1.27 bits per heavy atom. The third-order valence-corrected chi connectivity index (χ3v) is 4.72. The number of thioether (sulfide) groups is 1. The Kier molecular flexibility index (Phi) is 6.64. The molecule has 2 atom stereocenters. The lowest BCUT2D eigenvalue weighted by atomic mass is 9.86. The summed E-state index contributed by atoms with van der Waals surface area (Å²) in [6, 6.07) is 6.87. The molecular formula is C16H22F2N2OS. The zero-order valence-corrected chi connectivity index (χ0v) is 13.5. The zero-order chi connectivity index (χ0) is 15.9. The SMILES string of the molecule is CC1CCCCC1NCC(=O)Nc1ccc(SC(F)F)cc1. The third kappa shape index (κ3) is 5.57. The van der Waals surface area contributed by atoms with Crippen LogP contribution in [0.2, 0.25) is 0 Å². The molecule has 1 aliphatic carbocycles. The van der Waals surface area contributed by atoms with Gasteiger partial charge in [-0.05, 0) is 43.0 Å². The van der Waals surface area contributed by atoms with Crippen LogP contribution in [-0.2, 0) is 4.79 Å². The molecule has 1 saturated carbocycles. The highest BCUT2D eigenvalue weighted by atomic mass is 32.2. The fraction of sp³-hybridized carbons (Fsp3) is 0.562. The lowest BCUT2D eigenvalue weighted by Crippen LogP contribution is -2.41. The van der Waals surface area contributed by atoms with E-state index in [1.165, 1.54) is 19.3 Å². The zero-order valence-electron chi connectivity index (χ0n) is 12.6. The van der Waals surface area contributed by atoms with Crippen LogP contribution in [0.3, 0.4) is 0 Å². The summed E-state index contributed by atoms with van der Waals surface area (Å²) in [6.45, 7) is 2.50. The second kappa shape index (κ2) is 8.48. The number of carbonyl (C=O) groups is 1. The van der Waals surface area contributed by atoms with Gasteiger partial charge in [0.15, 0.2) is 0 Å². The number of benzene rings is 1. The van der Waals surface area contributed by atoms with Crippen molar-refractivity contribution >= 4 is 23.4 Å². The smallest absolute Gasteiger partial charge is 0.288 e. The van der Waals surface area contributed by atoms with Crippen molar-refractivity contribution in [2.24, 2.45) is 5.92 Å². The summed E-state index contributed by atoms with van der Waals surface area (Å²) in [7, 11) is 0. The molecule has 2 rings (SSSR count). The molecule has 0 saturated heterocycles. The summed E-state index contributed by atoms with van der Waals surface area (Å²) in [4.78, 5) is 12.4. The van der Waals surface area contributed by atoms with E-state index in [0.29, 0.717) is 34.3 Å². The summed E-state index contributed by atoms with van der Waals surface area (Å²) in [5.74, 6) is -1.93. The second-order valence-corrected chi connectivity index (χ2v) is 6.76. The number of alkyl halides is 2. The van der Waals surface area contributed by atoms with Crippen LogP contribution in [0.25, 0.3) is 0 Å². The van der Waals surface area contributed by atoms with Gasteiger partial charge in [-0.25, -0.2) is 0 Å². The summed E-state index contributed by atoms with van der Waals surface area (Å²) in [5.41, 5.74) is 0.627. The van der Waals surface area contributed by atoms with Crippen molar-refractivity contribution in [2.45, 2.75) is 49.3 Å². The van der Waals surface area contributed by atoms with Crippen LogP contribution in [0.4, 0.5) is 14.5 Å². The number of carbonyl (C=O) groups excluding carboxylic acids is 1. The van der Waals surface area contributed by atoms with Crippen molar-refractivity contribution in [2.75, 3.05) is 11.9 Å².